The normalized spacial score (nSPS) is 17.8. The molecular formula is C8H16N2S. The van der Waals surface area contributed by atoms with E-state index in [0.29, 0.717) is 0 Å². The highest BCUT2D eigenvalue weighted by molar-refractivity contribution is 8.04. The van der Waals surface area contributed by atoms with Crippen LogP contribution in [0.3, 0.4) is 0 Å². The minimum atomic E-state index is 0.131. The summed E-state index contributed by atoms with van der Waals surface area (Å²) >= 11 is 1.59. The fourth-order valence-electron chi connectivity index (χ4n) is 0.384. The number of hydrogen-bond acceptors (Lipinski definition) is 3. The molecule has 0 radical (unpaired) electrons. The van der Waals surface area contributed by atoms with Gasteiger partial charge in [-0.15, -0.1) is 11.8 Å². The molecule has 4 N–H and O–H groups in total. The Balaban J connectivity index is 3.41. The van der Waals surface area contributed by atoms with Crippen LogP contribution in [0.1, 0.15) is 13.8 Å². The van der Waals surface area contributed by atoms with Crippen LogP contribution in [0.4, 0.5) is 0 Å². The number of rotatable bonds is 4. The highest BCUT2D eigenvalue weighted by Crippen LogP contribution is 2.04. The largest absolute Gasteiger partial charge is 0.325 e. The third kappa shape index (κ3) is 9.75. The molecule has 0 aromatic rings. The molecule has 64 valence electrons. The van der Waals surface area contributed by atoms with Gasteiger partial charge in [0.15, 0.2) is 0 Å². The summed E-state index contributed by atoms with van der Waals surface area (Å²) in [5, 5.41) is 3.92. The molecule has 11 heavy (non-hydrogen) atoms. The first-order valence-corrected chi connectivity index (χ1v) is 4.57. The van der Waals surface area contributed by atoms with Crippen LogP contribution in [0.2, 0.25) is 0 Å². The Bertz CT molecular complexity index is 123. The summed E-state index contributed by atoms with van der Waals surface area (Å²) in [6, 6.07) is 0.261. The van der Waals surface area contributed by atoms with Gasteiger partial charge in [0.25, 0.3) is 0 Å². The maximum atomic E-state index is 5.49. The molecule has 2 nitrogen and oxygen atoms in total. The SMILES string of the molecule is CC(N)/C=C/S/C=C/C(C)N. The first kappa shape index (κ1) is 10.8. The second-order valence-electron chi connectivity index (χ2n) is 2.51. The Labute approximate surface area is 72.7 Å². The topological polar surface area (TPSA) is 52.0 Å². The monoisotopic (exact) mass is 172 g/mol. The minimum absolute atomic E-state index is 0.131. The van der Waals surface area contributed by atoms with Gasteiger partial charge < -0.3 is 11.5 Å². The van der Waals surface area contributed by atoms with Gasteiger partial charge >= 0.3 is 0 Å². The fraction of sp³-hybridized carbons (Fsp3) is 0.500. The summed E-state index contributed by atoms with van der Waals surface area (Å²) in [5.74, 6) is 0. The standard InChI is InChI=1S/C8H16N2S/c1-7(9)3-5-11-6-4-8(2)10/h3-8H,9-10H2,1-2H3/b5-3+,6-4+. The molecule has 2 unspecified atom stereocenters. The van der Waals surface area contributed by atoms with E-state index in [2.05, 4.69) is 0 Å². The van der Waals surface area contributed by atoms with E-state index in [1.165, 1.54) is 0 Å². The molecule has 0 aromatic carbocycles. The zero-order chi connectivity index (χ0) is 8.69. The summed E-state index contributed by atoms with van der Waals surface area (Å²) < 4.78 is 0. The fourth-order valence-corrected chi connectivity index (χ4v) is 1.15. The van der Waals surface area contributed by atoms with Crippen LogP contribution in [0.5, 0.6) is 0 Å². The predicted molar refractivity (Wildman–Crippen MR) is 53.2 cm³/mol. The first-order valence-electron chi connectivity index (χ1n) is 3.63. The van der Waals surface area contributed by atoms with Crippen molar-refractivity contribution < 1.29 is 0 Å². The zero-order valence-electron chi connectivity index (χ0n) is 7.03. The smallest absolute Gasteiger partial charge is 0.0202 e. The molecule has 2 atom stereocenters. The van der Waals surface area contributed by atoms with Gasteiger partial charge in [0.1, 0.15) is 0 Å². The lowest BCUT2D eigenvalue weighted by Gasteiger charge is -1.93. The molecule has 0 rings (SSSR count). The number of thioether (sulfide) groups is 1. The summed E-state index contributed by atoms with van der Waals surface area (Å²) in [6.07, 6.45) is 3.88. The van der Waals surface area contributed by atoms with E-state index in [0.717, 1.165) is 0 Å². The van der Waals surface area contributed by atoms with Crippen LogP contribution in [0.25, 0.3) is 0 Å². The number of hydrogen-bond donors (Lipinski definition) is 2. The highest BCUT2D eigenvalue weighted by atomic mass is 32.2. The van der Waals surface area contributed by atoms with Crippen molar-refractivity contribution in [3.63, 3.8) is 0 Å². The molecule has 0 heterocycles. The van der Waals surface area contributed by atoms with E-state index in [9.17, 15) is 0 Å². The highest BCUT2D eigenvalue weighted by Gasteiger charge is 1.83. The van der Waals surface area contributed by atoms with Gasteiger partial charge in [-0.1, -0.05) is 12.2 Å². The second-order valence-corrected chi connectivity index (χ2v) is 3.33. The molecule has 0 bridgehead atoms. The second kappa shape index (κ2) is 6.46. The molecule has 0 spiro atoms. The Morgan fingerprint density at radius 3 is 1.64 bits per heavy atom. The third-order valence-corrected chi connectivity index (χ3v) is 1.55. The molecular weight excluding hydrogens is 156 g/mol. The molecule has 0 aromatic heterocycles. The van der Waals surface area contributed by atoms with E-state index in [-0.39, 0.29) is 12.1 Å². The third-order valence-electron chi connectivity index (χ3n) is 0.921. The van der Waals surface area contributed by atoms with Gasteiger partial charge in [0.2, 0.25) is 0 Å². The lowest BCUT2D eigenvalue weighted by atomic mass is 10.4. The molecule has 3 heteroatoms. The molecule has 0 aliphatic heterocycles. The van der Waals surface area contributed by atoms with Crippen molar-refractivity contribution in [2.45, 2.75) is 25.9 Å². The Morgan fingerprint density at radius 1 is 1.00 bits per heavy atom. The number of nitrogens with two attached hydrogens (primary N) is 2. The lowest BCUT2D eigenvalue weighted by Crippen LogP contribution is -2.10. The average molecular weight is 172 g/mol. The molecule has 0 amide bonds. The Kier molecular flexibility index (Phi) is 6.31. The Hall–Kier alpha value is -0.250. The molecule has 0 fully saturated rings. The first-order chi connectivity index (χ1) is 5.13. The van der Waals surface area contributed by atoms with Crippen molar-refractivity contribution in [3.05, 3.63) is 23.0 Å². The minimum Gasteiger partial charge on any atom is -0.325 e. The average Bonchev–Trinajstić information content (AvgIpc) is 1.85. The van der Waals surface area contributed by atoms with Crippen LogP contribution in [0.15, 0.2) is 23.0 Å². The summed E-state index contributed by atoms with van der Waals surface area (Å²) in [4.78, 5) is 0. The Morgan fingerprint density at radius 2 is 1.36 bits per heavy atom. The van der Waals surface area contributed by atoms with Crippen molar-refractivity contribution in [2.75, 3.05) is 0 Å². The van der Waals surface area contributed by atoms with Gasteiger partial charge in [-0.2, -0.15) is 0 Å². The van der Waals surface area contributed by atoms with E-state index in [1.807, 2.05) is 36.8 Å². The van der Waals surface area contributed by atoms with Crippen molar-refractivity contribution in [1.82, 2.24) is 0 Å². The zero-order valence-corrected chi connectivity index (χ0v) is 7.84. The van der Waals surface area contributed by atoms with Crippen LogP contribution >= 0.6 is 11.8 Å². The summed E-state index contributed by atoms with van der Waals surface area (Å²) in [7, 11) is 0. The van der Waals surface area contributed by atoms with E-state index in [4.69, 9.17) is 11.5 Å². The van der Waals surface area contributed by atoms with Crippen molar-refractivity contribution in [1.29, 1.82) is 0 Å². The van der Waals surface area contributed by atoms with Gasteiger partial charge in [0, 0.05) is 12.1 Å². The van der Waals surface area contributed by atoms with Gasteiger partial charge in [0.05, 0.1) is 0 Å². The molecule has 0 saturated heterocycles. The molecule has 0 saturated carbocycles. The predicted octanol–water partition coefficient (Wildman–Crippen LogP) is 1.44. The van der Waals surface area contributed by atoms with Gasteiger partial charge in [-0.25, -0.2) is 0 Å². The van der Waals surface area contributed by atoms with Crippen molar-refractivity contribution in [2.24, 2.45) is 11.5 Å². The van der Waals surface area contributed by atoms with Gasteiger partial charge in [-0.05, 0) is 24.7 Å². The van der Waals surface area contributed by atoms with Gasteiger partial charge in [-0.3, -0.25) is 0 Å². The summed E-state index contributed by atoms with van der Waals surface area (Å²) in [6.45, 7) is 3.87. The van der Waals surface area contributed by atoms with Crippen LogP contribution in [-0.4, -0.2) is 12.1 Å². The van der Waals surface area contributed by atoms with E-state index in [1.54, 1.807) is 11.8 Å². The lowest BCUT2D eigenvalue weighted by molar-refractivity contribution is 0.927. The van der Waals surface area contributed by atoms with E-state index < -0.39 is 0 Å². The van der Waals surface area contributed by atoms with Crippen molar-refractivity contribution >= 4 is 11.8 Å². The molecule has 0 aliphatic carbocycles. The maximum absolute atomic E-state index is 5.49. The van der Waals surface area contributed by atoms with Crippen LogP contribution in [-0.2, 0) is 0 Å². The molecule has 0 aliphatic rings. The maximum Gasteiger partial charge on any atom is 0.0202 e. The van der Waals surface area contributed by atoms with Crippen LogP contribution < -0.4 is 11.5 Å². The quantitative estimate of drug-likeness (QED) is 0.674. The van der Waals surface area contributed by atoms with Crippen molar-refractivity contribution in [3.8, 4) is 0 Å². The summed E-state index contributed by atoms with van der Waals surface area (Å²) in [5.41, 5.74) is 11.0. The van der Waals surface area contributed by atoms with E-state index >= 15 is 0 Å². The van der Waals surface area contributed by atoms with Crippen LogP contribution in [0, 0.1) is 0 Å².